The minimum Gasteiger partial charge on any atom is -0.464 e. The number of hydrogen-bond donors (Lipinski definition) is 1. The molecular weight excluding hydrogens is 362 g/mol. The molecule has 0 spiro atoms. The number of hydrogen-bond acceptors (Lipinski definition) is 3. The molecule has 1 aliphatic heterocycles. The fraction of sp³-hybridized carbons (Fsp3) is 0.542. The van der Waals surface area contributed by atoms with Crippen molar-refractivity contribution >= 4 is 11.7 Å². The minimum absolute atomic E-state index is 0.0587. The van der Waals surface area contributed by atoms with Crippen LogP contribution in [0.3, 0.4) is 0 Å². The molecule has 0 bridgehead atoms. The van der Waals surface area contributed by atoms with Gasteiger partial charge in [0.15, 0.2) is 0 Å². The van der Waals surface area contributed by atoms with Crippen LogP contribution in [-0.2, 0) is 6.54 Å². The van der Waals surface area contributed by atoms with Gasteiger partial charge in [-0.1, -0.05) is 25.1 Å². The third-order valence-electron chi connectivity index (χ3n) is 6.68. The molecule has 2 aliphatic carbocycles. The Balaban J connectivity index is 1.13. The van der Waals surface area contributed by atoms with Crippen LogP contribution in [0.5, 0.6) is 0 Å². The predicted octanol–water partition coefficient (Wildman–Crippen LogP) is 4.60. The molecule has 3 fully saturated rings. The number of urea groups is 1. The number of nitrogens with one attached hydrogen (secondary N) is 1. The van der Waals surface area contributed by atoms with E-state index in [-0.39, 0.29) is 6.03 Å². The van der Waals surface area contributed by atoms with Crippen LogP contribution >= 0.6 is 0 Å². The average molecular weight is 394 g/mol. The number of benzene rings is 1. The van der Waals surface area contributed by atoms with Gasteiger partial charge in [-0.05, 0) is 61.8 Å². The first-order chi connectivity index (χ1) is 14.2. The van der Waals surface area contributed by atoms with Gasteiger partial charge in [-0.25, -0.2) is 4.79 Å². The largest absolute Gasteiger partial charge is 0.464 e. The van der Waals surface area contributed by atoms with Gasteiger partial charge in [-0.2, -0.15) is 0 Å². The first-order valence-corrected chi connectivity index (χ1v) is 11.1. The second-order valence-corrected chi connectivity index (χ2v) is 9.10. The molecular formula is C24H31N3O2. The molecule has 2 amide bonds. The van der Waals surface area contributed by atoms with Crippen molar-refractivity contribution in [1.29, 1.82) is 0 Å². The highest BCUT2D eigenvalue weighted by Crippen LogP contribution is 2.47. The maximum atomic E-state index is 12.9. The van der Waals surface area contributed by atoms with Crippen molar-refractivity contribution < 1.29 is 9.21 Å². The number of carbonyl (C=O) groups is 1. The van der Waals surface area contributed by atoms with Crippen molar-refractivity contribution in [1.82, 2.24) is 10.2 Å². The Labute approximate surface area is 173 Å². The Hall–Kier alpha value is -2.43. The maximum Gasteiger partial charge on any atom is 0.318 e. The first kappa shape index (κ1) is 18.6. The van der Waals surface area contributed by atoms with Gasteiger partial charge in [0.1, 0.15) is 11.5 Å². The van der Waals surface area contributed by atoms with Crippen LogP contribution in [0.15, 0.2) is 46.9 Å². The SMILES string of the molecule is CC1CC1c1ccc(CN(C(=O)NCC2CCN(c3ccccc3)C2)C2CC2)o1. The Morgan fingerprint density at radius 1 is 1.17 bits per heavy atom. The number of nitrogens with zero attached hydrogens (tertiary/aromatic N) is 2. The van der Waals surface area contributed by atoms with E-state index in [0.717, 1.165) is 56.3 Å². The Morgan fingerprint density at radius 2 is 1.97 bits per heavy atom. The van der Waals surface area contributed by atoms with Gasteiger partial charge in [0, 0.05) is 37.3 Å². The monoisotopic (exact) mass is 393 g/mol. The van der Waals surface area contributed by atoms with Crippen molar-refractivity contribution in [3.63, 3.8) is 0 Å². The molecule has 29 heavy (non-hydrogen) atoms. The Bertz CT molecular complexity index is 845. The number of furan rings is 1. The smallest absolute Gasteiger partial charge is 0.318 e. The molecule has 154 valence electrons. The van der Waals surface area contributed by atoms with Gasteiger partial charge in [-0.3, -0.25) is 0 Å². The topological polar surface area (TPSA) is 48.7 Å². The summed E-state index contributed by atoms with van der Waals surface area (Å²) in [7, 11) is 0. The molecule has 1 aromatic carbocycles. The highest BCUT2D eigenvalue weighted by atomic mass is 16.3. The van der Waals surface area contributed by atoms with Crippen LogP contribution in [0.4, 0.5) is 10.5 Å². The zero-order chi connectivity index (χ0) is 19.8. The van der Waals surface area contributed by atoms with Crippen molar-refractivity contribution in [2.75, 3.05) is 24.5 Å². The van der Waals surface area contributed by atoms with Gasteiger partial charge in [0.25, 0.3) is 0 Å². The van der Waals surface area contributed by atoms with E-state index in [1.165, 1.54) is 12.1 Å². The van der Waals surface area contributed by atoms with Crippen molar-refractivity contribution in [2.45, 2.75) is 51.1 Å². The number of anilines is 1. The van der Waals surface area contributed by atoms with E-state index in [1.54, 1.807) is 0 Å². The molecule has 5 rings (SSSR count). The standard InChI is InChI=1S/C24H31N3O2/c1-17-13-22(17)23-10-9-21(29-23)16-27(20-7-8-20)24(28)25-14-18-11-12-26(15-18)19-5-3-2-4-6-19/h2-6,9-10,17-18,20,22H,7-8,11-16H2,1H3,(H,25,28). The van der Waals surface area contributed by atoms with Crippen LogP contribution in [0.1, 0.15) is 50.0 Å². The van der Waals surface area contributed by atoms with Crippen LogP contribution in [-0.4, -0.2) is 36.6 Å². The summed E-state index contributed by atoms with van der Waals surface area (Å²) in [4.78, 5) is 17.3. The highest BCUT2D eigenvalue weighted by molar-refractivity contribution is 5.74. The molecule has 2 aromatic rings. The minimum atomic E-state index is 0.0587. The normalized spacial score (nSPS) is 25.8. The fourth-order valence-corrected chi connectivity index (χ4v) is 4.52. The molecule has 5 heteroatoms. The van der Waals surface area contributed by atoms with E-state index < -0.39 is 0 Å². The van der Waals surface area contributed by atoms with Crippen LogP contribution in [0.2, 0.25) is 0 Å². The predicted molar refractivity (Wildman–Crippen MR) is 114 cm³/mol. The second-order valence-electron chi connectivity index (χ2n) is 9.10. The van der Waals surface area contributed by atoms with E-state index >= 15 is 0 Å². The van der Waals surface area contributed by atoms with Crippen molar-refractivity contribution in [3.05, 3.63) is 54.0 Å². The number of carbonyl (C=O) groups excluding carboxylic acids is 1. The zero-order valence-corrected chi connectivity index (χ0v) is 17.2. The van der Waals surface area contributed by atoms with Gasteiger partial charge in [-0.15, -0.1) is 0 Å². The van der Waals surface area contributed by atoms with Gasteiger partial charge in [0.05, 0.1) is 6.54 Å². The van der Waals surface area contributed by atoms with E-state index in [4.69, 9.17) is 4.42 Å². The summed E-state index contributed by atoms with van der Waals surface area (Å²) < 4.78 is 6.05. The van der Waals surface area contributed by atoms with Crippen LogP contribution < -0.4 is 10.2 Å². The summed E-state index contributed by atoms with van der Waals surface area (Å²) in [5.41, 5.74) is 1.28. The number of rotatable bonds is 7. The van der Waals surface area contributed by atoms with E-state index in [1.807, 2.05) is 4.90 Å². The maximum absolute atomic E-state index is 12.9. The van der Waals surface area contributed by atoms with Crippen molar-refractivity contribution in [3.8, 4) is 0 Å². The summed E-state index contributed by atoms with van der Waals surface area (Å²) in [5, 5.41) is 3.21. The summed E-state index contributed by atoms with van der Waals surface area (Å²) in [6, 6.07) is 15.1. The molecule has 1 N–H and O–H groups in total. The molecule has 2 saturated carbocycles. The number of para-hydroxylation sites is 1. The molecule has 0 radical (unpaired) electrons. The average Bonchev–Trinajstić information content (AvgIpc) is 3.61. The lowest BCUT2D eigenvalue weighted by Gasteiger charge is -2.23. The van der Waals surface area contributed by atoms with Crippen LogP contribution in [0.25, 0.3) is 0 Å². The fourth-order valence-electron chi connectivity index (χ4n) is 4.52. The highest BCUT2D eigenvalue weighted by Gasteiger charge is 2.37. The lowest BCUT2D eigenvalue weighted by molar-refractivity contribution is 0.185. The molecule has 3 atom stereocenters. The summed E-state index contributed by atoms with van der Waals surface area (Å²) in [6.45, 7) is 5.66. The number of amides is 2. The molecule has 5 nitrogen and oxygen atoms in total. The first-order valence-electron chi connectivity index (χ1n) is 11.1. The molecule has 3 aliphatic rings. The summed E-state index contributed by atoms with van der Waals surface area (Å²) in [6.07, 6.45) is 4.55. The lowest BCUT2D eigenvalue weighted by atomic mass is 10.1. The Morgan fingerprint density at radius 3 is 2.69 bits per heavy atom. The Kier molecular flexibility index (Phi) is 4.98. The zero-order valence-electron chi connectivity index (χ0n) is 17.2. The van der Waals surface area contributed by atoms with Crippen molar-refractivity contribution in [2.24, 2.45) is 11.8 Å². The molecule has 2 heterocycles. The lowest BCUT2D eigenvalue weighted by Crippen LogP contribution is -2.43. The molecule has 1 saturated heterocycles. The van der Waals surface area contributed by atoms with E-state index in [0.29, 0.717) is 24.4 Å². The molecule has 3 unspecified atom stereocenters. The quantitative estimate of drug-likeness (QED) is 0.748. The van der Waals surface area contributed by atoms with Gasteiger partial charge in [0.2, 0.25) is 0 Å². The van der Waals surface area contributed by atoms with Gasteiger partial charge >= 0.3 is 6.03 Å². The summed E-state index contributed by atoms with van der Waals surface area (Å²) in [5.74, 6) is 3.83. The van der Waals surface area contributed by atoms with Crippen LogP contribution in [0, 0.1) is 11.8 Å². The second kappa shape index (κ2) is 7.77. The third-order valence-corrected chi connectivity index (χ3v) is 6.68. The van der Waals surface area contributed by atoms with E-state index in [2.05, 4.69) is 59.6 Å². The third kappa shape index (κ3) is 4.29. The van der Waals surface area contributed by atoms with E-state index in [9.17, 15) is 4.79 Å². The van der Waals surface area contributed by atoms with Gasteiger partial charge < -0.3 is 19.5 Å². The molecule has 1 aromatic heterocycles. The summed E-state index contributed by atoms with van der Waals surface area (Å²) >= 11 is 0.